The van der Waals surface area contributed by atoms with Gasteiger partial charge in [0.1, 0.15) is 28.1 Å². The predicted octanol–water partition coefficient (Wildman–Crippen LogP) is 12.9. The molecule has 4 aromatic heterocycles. The fourth-order valence-electron chi connectivity index (χ4n) is 11.0. The van der Waals surface area contributed by atoms with Gasteiger partial charge in [-0.1, -0.05) is 55.7 Å². The lowest BCUT2D eigenvalue weighted by molar-refractivity contribution is -0.383. The number of oxazole rings is 3. The molecule has 3 aliphatic rings. The first-order valence-electron chi connectivity index (χ1n) is 28.2. The van der Waals surface area contributed by atoms with Crippen molar-refractivity contribution in [3.05, 3.63) is 143 Å². The number of aryl methyl sites for hydroxylation is 1. The molecule has 6 aromatic carbocycles. The van der Waals surface area contributed by atoms with Crippen molar-refractivity contribution in [3.63, 3.8) is 0 Å². The molecule has 0 aliphatic carbocycles. The van der Waals surface area contributed by atoms with Crippen LogP contribution < -0.4 is 16.4 Å². The number of nitrogens with two attached hydrogens (primary N) is 1. The Morgan fingerprint density at radius 3 is 1.41 bits per heavy atom. The van der Waals surface area contributed by atoms with Gasteiger partial charge in [0.15, 0.2) is 16.7 Å². The lowest BCUT2D eigenvalue weighted by Crippen LogP contribution is -2.33. The number of nitro benzene ring substituents is 1. The number of piperidine rings is 3. The minimum absolute atomic E-state index is 0.0356. The molecule has 7 heterocycles. The van der Waals surface area contributed by atoms with Crippen LogP contribution >= 0.6 is 0 Å². The Hall–Kier alpha value is -8.12. The highest BCUT2D eigenvalue weighted by Gasteiger charge is 2.20. The van der Waals surface area contributed by atoms with Crippen molar-refractivity contribution in [2.24, 2.45) is 0 Å². The minimum atomic E-state index is -0.366. The first-order chi connectivity index (χ1) is 38.8. The molecule has 17 heteroatoms. The van der Waals surface area contributed by atoms with Crippen molar-refractivity contribution in [2.45, 2.75) is 71.3 Å². The number of hydrogen-bond donors (Lipinski definition) is 3. The van der Waals surface area contributed by atoms with Crippen LogP contribution in [0.2, 0.25) is 0 Å². The lowest BCUT2D eigenvalue weighted by Gasteiger charge is -2.26. The van der Waals surface area contributed by atoms with E-state index in [1.54, 1.807) is 12.1 Å². The molecule has 0 bridgehead atoms. The number of para-hydroxylation sites is 6. The molecule has 0 radical (unpaired) electrons. The van der Waals surface area contributed by atoms with Gasteiger partial charge in [-0.25, -0.2) is 19.9 Å². The second-order valence-corrected chi connectivity index (χ2v) is 20.8. The first-order valence-corrected chi connectivity index (χ1v) is 28.2. The Balaban J connectivity index is 0.000000125. The molecule has 3 saturated heterocycles. The fraction of sp³-hybridized carbons (Fsp3) is 0.355. The van der Waals surface area contributed by atoms with Gasteiger partial charge < -0.3 is 48.9 Å². The normalized spacial score (nSPS) is 15.5. The summed E-state index contributed by atoms with van der Waals surface area (Å²) in [6, 6.07) is 40.4. The molecular formula is C62H70N12O5. The molecule has 0 saturated carbocycles. The number of fused-ring (bicyclic) bond motifs is 4. The number of nitro groups is 1. The number of nitrogens with zero attached hydrogens (tertiary/aromatic N) is 9. The summed E-state index contributed by atoms with van der Waals surface area (Å²) in [6.45, 7) is 14.8. The van der Waals surface area contributed by atoms with Gasteiger partial charge in [-0.3, -0.25) is 10.1 Å². The van der Waals surface area contributed by atoms with Gasteiger partial charge in [-0.2, -0.15) is 0 Å². The van der Waals surface area contributed by atoms with E-state index < -0.39 is 0 Å². The van der Waals surface area contributed by atoms with Crippen LogP contribution in [0, 0.1) is 17.0 Å². The van der Waals surface area contributed by atoms with Gasteiger partial charge in [-0.05, 0) is 170 Å². The Morgan fingerprint density at radius 2 is 0.924 bits per heavy atom. The Bertz CT molecular complexity index is 3540. The molecule has 10 aromatic rings. The highest BCUT2D eigenvalue weighted by Crippen LogP contribution is 2.33. The van der Waals surface area contributed by atoms with Crippen LogP contribution in [0.3, 0.4) is 0 Å². The summed E-state index contributed by atoms with van der Waals surface area (Å²) < 4.78 is 19.8. The van der Waals surface area contributed by atoms with Gasteiger partial charge in [-0.15, -0.1) is 0 Å². The number of likely N-dealkylation sites (tertiary alicyclic amines) is 3. The van der Waals surface area contributed by atoms with E-state index in [2.05, 4.69) is 70.0 Å². The van der Waals surface area contributed by atoms with E-state index in [1.807, 2.05) is 91.0 Å². The zero-order chi connectivity index (χ0) is 53.9. The molecule has 0 spiro atoms. The summed E-state index contributed by atoms with van der Waals surface area (Å²) in [6.07, 6.45) is 11.8. The molecule has 408 valence electrons. The van der Waals surface area contributed by atoms with Crippen molar-refractivity contribution in [1.82, 2.24) is 39.2 Å². The summed E-state index contributed by atoms with van der Waals surface area (Å²) in [7, 11) is 0. The number of hydrogen-bond acceptors (Lipinski definition) is 15. The van der Waals surface area contributed by atoms with Crippen molar-refractivity contribution in [3.8, 4) is 34.4 Å². The standard InChI is InChI=1S/C22H24N4O.C20H22N4O3.C20H24N4O/c1-16-23-19-15-17(22-24-18-7-3-4-8-21(18)27-22)9-10-20(19)26(16)14-13-25-11-5-2-6-12-25;25-24(26)18-14-15(20-22-17-6-2-3-7-19(17)27-20)8-9-16(18)21-10-13-23-11-4-1-5-12-23;21-16-14-15(20-23-18-6-2-3-7-19(18)25-20)8-9-17(16)22-10-13-24-11-4-1-5-12-24/h3-4,7-10,15H,2,5-6,11-14H2,1H3;2-3,6-9,14,21H,1,4-5,10-13H2;2-3,6-9,14,22H,1,4-5,10-13,21H2. The summed E-state index contributed by atoms with van der Waals surface area (Å²) in [5, 5.41) is 18.2. The van der Waals surface area contributed by atoms with Crippen LogP contribution in [0.1, 0.15) is 63.6 Å². The van der Waals surface area contributed by atoms with E-state index >= 15 is 0 Å². The zero-order valence-corrected chi connectivity index (χ0v) is 45.1. The number of nitrogens with one attached hydrogen (secondary N) is 2. The number of anilines is 3. The predicted molar refractivity (Wildman–Crippen MR) is 315 cm³/mol. The van der Waals surface area contributed by atoms with Crippen molar-refractivity contribution in [2.75, 3.05) is 88.4 Å². The zero-order valence-electron chi connectivity index (χ0n) is 45.1. The molecule has 3 aliphatic heterocycles. The van der Waals surface area contributed by atoms with E-state index in [1.165, 1.54) is 95.5 Å². The smallest absolute Gasteiger partial charge is 0.293 e. The number of aromatic nitrogens is 5. The summed E-state index contributed by atoms with van der Waals surface area (Å²) >= 11 is 0. The number of benzene rings is 6. The van der Waals surface area contributed by atoms with Crippen molar-refractivity contribution >= 4 is 67.1 Å². The summed E-state index contributed by atoms with van der Waals surface area (Å²) in [4.78, 5) is 37.0. The second-order valence-electron chi connectivity index (χ2n) is 20.8. The van der Waals surface area contributed by atoms with E-state index in [0.29, 0.717) is 41.1 Å². The van der Waals surface area contributed by atoms with Crippen molar-refractivity contribution < 1.29 is 18.2 Å². The molecule has 4 N–H and O–H groups in total. The second kappa shape index (κ2) is 25.1. The third-order valence-electron chi connectivity index (χ3n) is 15.3. The van der Waals surface area contributed by atoms with Crippen LogP contribution in [0.5, 0.6) is 0 Å². The van der Waals surface area contributed by atoms with Gasteiger partial charge >= 0.3 is 0 Å². The van der Waals surface area contributed by atoms with Crippen LogP contribution in [-0.2, 0) is 6.54 Å². The first kappa shape index (κ1) is 52.9. The van der Waals surface area contributed by atoms with E-state index in [4.69, 9.17) is 24.0 Å². The summed E-state index contributed by atoms with van der Waals surface area (Å²) in [5.74, 6) is 2.71. The Kier molecular flexibility index (Phi) is 16.8. The SMILES string of the molecule is Cc1nc2cc(-c3nc4ccccc4o3)ccc2n1CCN1CCCCC1.Nc1cc(-c2nc3ccccc3o2)ccc1NCCN1CCCCC1.O=[N+]([O-])c1cc(-c2nc3ccccc3o2)ccc1NCCN1CCCCC1. The maximum Gasteiger partial charge on any atom is 0.293 e. The lowest BCUT2D eigenvalue weighted by atomic mass is 10.1. The minimum Gasteiger partial charge on any atom is -0.436 e. The highest BCUT2D eigenvalue weighted by molar-refractivity contribution is 5.84. The Morgan fingerprint density at radius 1 is 0.494 bits per heavy atom. The van der Waals surface area contributed by atoms with Gasteiger partial charge in [0.25, 0.3) is 5.69 Å². The van der Waals surface area contributed by atoms with E-state index in [0.717, 1.165) is 107 Å². The highest BCUT2D eigenvalue weighted by atomic mass is 16.6. The number of nitrogen functional groups attached to an aromatic ring is 1. The number of rotatable bonds is 15. The number of imidazole rings is 1. The van der Waals surface area contributed by atoms with Crippen molar-refractivity contribution in [1.29, 1.82) is 0 Å². The third-order valence-corrected chi connectivity index (χ3v) is 15.3. The van der Waals surface area contributed by atoms with Crippen LogP contribution in [-0.4, -0.2) is 116 Å². The van der Waals surface area contributed by atoms with Crippen LogP contribution in [0.15, 0.2) is 141 Å². The molecule has 13 rings (SSSR count). The van der Waals surface area contributed by atoms with Crippen LogP contribution in [0.4, 0.5) is 22.7 Å². The van der Waals surface area contributed by atoms with Gasteiger partial charge in [0.05, 0.1) is 27.3 Å². The Labute approximate surface area is 460 Å². The molecule has 79 heavy (non-hydrogen) atoms. The monoisotopic (exact) mass is 1060 g/mol. The molecule has 0 atom stereocenters. The third kappa shape index (κ3) is 13.1. The van der Waals surface area contributed by atoms with Crippen LogP contribution in [0.25, 0.3) is 78.7 Å². The average molecular weight is 1060 g/mol. The molecule has 0 unspecified atom stereocenters. The summed E-state index contributed by atoms with van der Waals surface area (Å²) in [5.41, 5.74) is 17.9. The topological polar surface area (TPSA) is 199 Å². The average Bonchev–Trinajstić information content (AvgIpc) is 4.38. The van der Waals surface area contributed by atoms with Gasteiger partial charge in [0.2, 0.25) is 17.7 Å². The largest absolute Gasteiger partial charge is 0.436 e. The quantitative estimate of drug-likeness (QED) is 0.0497. The molecule has 3 fully saturated rings. The van der Waals surface area contributed by atoms with Gasteiger partial charge in [0, 0.05) is 62.0 Å². The maximum absolute atomic E-state index is 11.5. The van der Waals surface area contributed by atoms with E-state index in [-0.39, 0.29) is 10.6 Å². The van der Waals surface area contributed by atoms with E-state index in [9.17, 15) is 10.1 Å². The molecule has 0 amide bonds. The fourth-order valence-corrected chi connectivity index (χ4v) is 11.0. The molecular weight excluding hydrogens is 993 g/mol. The maximum atomic E-state index is 11.5. The molecule has 17 nitrogen and oxygen atoms in total.